The molecule has 17 heavy (non-hydrogen) atoms. The van der Waals surface area contributed by atoms with Gasteiger partial charge in [0.2, 0.25) is 0 Å². The van der Waals surface area contributed by atoms with Crippen molar-refractivity contribution in [2.45, 2.75) is 4.90 Å². The Labute approximate surface area is 96.4 Å². The molecule has 0 aliphatic carbocycles. The van der Waals surface area contributed by atoms with Gasteiger partial charge in [-0.15, -0.1) is 0 Å². The van der Waals surface area contributed by atoms with E-state index in [2.05, 4.69) is 0 Å². The molecule has 88 valence electrons. The molecule has 2 aromatic rings. The first-order chi connectivity index (χ1) is 7.91. The van der Waals surface area contributed by atoms with Gasteiger partial charge in [-0.1, -0.05) is 18.2 Å². The number of nitrogens with zero attached hydrogens (tertiary/aromatic N) is 1. The summed E-state index contributed by atoms with van der Waals surface area (Å²) in [5.74, 6) is 0. The predicted molar refractivity (Wildman–Crippen MR) is 58.6 cm³/mol. The van der Waals surface area contributed by atoms with Gasteiger partial charge >= 0.3 is 0 Å². The number of non-ortho nitro benzene ring substituents is 1. The summed E-state index contributed by atoms with van der Waals surface area (Å²) < 4.78 is 33.0. The lowest BCUT2D eigenvalue weighted by molar-refractivity contribution is -0.383. The molecule has 0 amide bonds. The van der Waals surface area contributed by atoms with Gasteiger partial charge in [-0.3, -0.25) is 10.1 Å². The third kappa shape index (κ3) is 1.97. The molecule has 0 saturated heterocycles. The van der Waals surface area contributed by atoms with Crippen molar-refractivity contribution in [3.8, 4) is 0 Å². The van der Waals surface area contributed by atoms with Crippen LogP contribution in [0.15, 0.2) is 41.3 Å². The maximum Gasteiger partial charge on any atom is 0.277 e. The summed E-state index contributed by atoms with van der Waals surface area (Å²) in [6, 6.07) is 7.81. The molecular formula is C10H6NO5S-. The van der Waals surface area contributed by atoms with Crippen LogP contribution in [-0.2, 0) is 10.1 Å². The zero-order valence-electron chi connectivity index (χ0n) is 8.36. The Morgan fingerprint density at radius 2 is 1.59 bits per heavy atom. The first-order valence-corrected chi connectivity index (χ1v) is 5.94. The molecule has 0 bridgehead atoms. The fourth-order valence-corrected chi connectivity index (χ4v) is 2.33. The van der Waals surface area contributed by atoms with Crippen LogP contribution >= 0.6 is 0 Å². The highest BCUT2D eigenvalue weighted by Gasteiger charge is 2.14. The average molecular weight is 252 g/mol. The van der Waals surface area contributed by atoms with Gasteiger partial charge in [0.05, 0.1) is 15.2 Å². The lowest BCUT2D eigenvalue weighted by Gasteiger charge is -2.10. The Hall–Kier alpha value is -1.99. The maximum absolute atomic E-state index is 11.0. The molecule has 0 unspecified atom stereocenters. The second-order valence-corrected chi connectivity index (χ2v) is 4.69. The van der Waals surface area contributed by atoms with Gasteiger partial charge in [0.15, 0.2) is 0 Å². The number of hydrogen-bond acceptors (Lipinski definition) is 5. The van der Waals surface area contributed by atoms with Gasteiger partial charge in [-0.05, 0) is 12.1 Å². The Morgan fingerprint density at radius 1 is 1.00 bits per heavy atom. The fraction of sp³-hybridized carbons (Fsp3) is 0. The van der Waals surface area contributed by atoms with Crippen molar-refractivity contribution in [3.05, 3.63) is 46.5 Å². The molecule has 0 N–H and O–H groups in total. The van der Waals surface area contributed by atoms with Crippen LogP contribution in [0, 0.1) is 10.1 Å². The molecule has 0 aliphatic heterocycles. The first-order valence-electron chi connectivity index (χ1n) is 4.53. The van der Waals surface area contributed by atoms with E-state index in [1.807, 2.05) is 0 Å². The minimum Gasteiger partial charge on any atom is -0.744 e. The van der Waals surface area contributed by atoms with Gasteiger partial charge in [-0.25, -0.2) is 8.42 Å². The van der Waals surface area contributed by atoms with Crippen LogP contribution in [-0.4, -0.2) is 17.9 Å². The maximum atomic E-state index is 11.0. The molecule has 0 saturated carbocycles. The summed E-state index contributed by atoms with van der Waals surface area (Å²) in [5, 5.41) is 11.0. The van der Waals surface area contributed by atoms with Gasteiger partial charge in [0.1, 0.15) is 10.1 Å². The molecule has 0 fully saturated rings. The van der Waals surface area contributed by atoms with Crippen molar-refractivity contribution >= 4 is 26.6 Å². The average Bonchev–Trinajstić information content (AvgIpc) is 2.26. The van der Waals surface area contributed by atoms with E-state index in [-0.39, 0.29) is 16.5 Å². The largest absolute Gasteiger partial charge is 0.744 e. The number of hydrogen-bond donors (Lipinski definition) is 0. The molecule has 0 spiro atoms. The Bertz CT molecular complexity index is 708. The molecule has 0 radical (unpaired) electrons. The van der Waals surface area contributed by atoms with Crippen molar-refractivity contribution in [3.63, 3.8) is 0 Å². The summed E-state index contributed by atoms with van der Waals surface area (Å²) in [4.78, 5) is 9.69. The van der Waals surface area contributed by atoms with E-state index in [1.54, 1.807) is 0 Å². The van der Waals surface area contributed by atoms with E-state index < -0.39 is 19.9 Å². The van der Waals surface area contributed by atoms with Crippen LogP contribution in [0.4, 0.5) is 5.69 Å². The fourth-order valence-electron chi connectivity index (χ4n) is 1.64. The van der Waals surface area contributed by atoms with E-state index in [9.17, 15) is 23.1 Å². The zero-order chi connectivity index (χ0) is 12.6. The SMILES string of the molecule is O=[N+]([O-])c1cccc2c(S(=O)(=O)[O-])cccc12. The summed E-state index contributed by atoms with van der Waals surface area (Å²) in [5.41, 5.74) is -0.229. The van der Waals surface area contributed by atoms with E-state index >= 15 is 0 Å². The molecular weight excluding hydrogens is 246 g/mol. The highest BCUT2D eigenvalue weighted by Crippen LogP contribution is 2.29. The molecule has 0 atom stereocenters. The lowest BCUT2D eigenvalue weighted by atomic mass is 10.1. The molecule has 2 aromatic carbocycles. The molecule has 0 aliphatic rings. The first kappa shape index (κ1) is 11.5. The van der Waals surface area contributed by atoms with E-state index in [0.29, 0.717) is 0 Å². The van der Waals surface area contributed by atoms with Crippen LogP contribution < -0.4 is 0 Å². The normalized spacial score (nSPS) is 11.6. The predicted octanol–water partition coefficient (Wildman–Crippen LogP) is 1.65. The summed E-state index contributed by atoms with van der Waals surface area (Å²) in [6.07, 6.45) is 0. The van der Waals surface area contributed by atoms with Crippen LogP contribution in [0.5, 0.6) is 0 Å². The molecule has 7 heteroatoms. The van der Waals surface area contributed by atoms with Crippen LogP contribution in [0.1, 0.15) is 0 Å². The minimum atomic E-state index is -4.64. The molecule has 0 aromatic heterocycles. The van der Waals surface area contributed by atoms with Crippen molar-refractivity contribution in [1.82, 2.24) is 0 Å². The van der Waals surface area contributed by atoms with Crippen molar-refractivity contribution < 1.29 is 17.9 Å². The Balaban J connectivity index is 2.94. The third-order valence-corrected chi connectivity index (χ3v) is 3.22. The van der Waals surface area contributed by atoms with Gasteiger partial charge in [-0.2, -0.15) is 0 Å². The zero-order valence-corrected chi connectivity index (χ0v) is 9.18. The van der Waals surface area contributed by atoms with E-state index in [1.165, 1.54) is 30.3 Å². The lowest BCUT2D eigenvalue weighted by Crippen LogP contribution is -2.00. The number of nitro benzene ring substituents is 1. The van der Waals surface area contributed by atoms with Crippen LogP contribution in [0.2, 0.25) is 0 Å². The molecule has 0 heterocycles. The second kappa shape index (κ2) is 3.79. The summed E-state index contributed by atoms with van der Waals surface area (Å²) >= 11 is 0. The second-order valence-electron chi connectivity index (χ2n) is 3.34. The highest BCUT2D eigenvalue weighted by molar-refractivity contribution is 7.86. The number of rotatable bonds is 2. The van der Waals surface area contributed by atoms with Gasteiger partial charge < -0.3 is 4.55 Å². The van der Waals surface area contributed by atoms with Crippen molar-refractivity contribution in [2.75, 3.05) is 0 Å². The quantitative estimate of drug-likeness (QED) is 0.459. The summed E-state index contributed by atoms with van der Waals surface area (Å²) in [7, 11) is -4.64. The van der Waals surface area contributed by atoms with Crippen LogP contribution in [0.25, 0.3) is 10.8 Å². The standard InChI is InChI=1S/C10H7NO5S/c12-11(13)9-5-1-4-8-7(9)3-2-6-10(8)17(14,15)16/h1-6H,(H,14,15,16)/p-1. The van der Waals surface area contributed by atoms with Gasteiger partial charge in [0.25, 0.3) is 5.69 Å². The Kier molecular flexibility index (Phi) is 2.56. The van der Waals surface area contributed by atoms with Crippen LogP contribution in [0.3, 0.4) is 0 Å². The van der Waals surface area contributed by atoms with Crippen molar-refractivity contribution in [2.24, 2.45) is 0 Å². The smallest absolute Gasteiger partial charge is 0.277 e. The van der Waals surface area contributed by atoms with Gasteiger partial charge in [0, 0.05) is 11.5 Å². The van der Waals surface area contributed by atoms with Crippen molar-refractivity contribution in [1.29, 1.82) is 0 Å². The topological polar surface area (TPSA) is 100 Å². The highest BCUT2D eigenvalue weighted by atomic mass is 32.2. The number of fused-ring (bicyclic) bond motifs is 1. The summed E-state index contributed by atoms with van der Waals surface area (Å²) in [6.45, 7) is 0. The monoisotopic (exact) mass is 252 g/mol. The Morgan fingerprint density at radius 3 is 2.18 bits per heavy atom. The molecule has 2 rings (SSSR count). The van der Waals surface area contributed by atoms with E-state index in [0.717, 1.165) is 6.07 Å². The number of benzene rings is 2. The van der Waals surface area contributed by atoms with E-state index in [4.69, 9.17) is 0 Å². The number of nitro groups is 1. The third-order valence-electron chi connectivity index (χ3n) is 2.33. The minimum absolute atomic E-state index is 0.0664. The molecule has 6 nitrogen and oxygen atoms in total.